The van der Waals surface area contributed by atoms with E-state index in [0.717, 1.165) is 31.5 Å². The Labute approximate surface area is 167 Å². The second-order valence-corrected chi connectivity index (χ2v) is 7.43. The fourth-order valence-electron chi connectivity index (χ4n) is 3.72. The highest BCUT2D eigenvalue weighted by atomic mass is 19.1. The van der Waals surface area contributed by atoms with Gasteiger partial charge in [-0.3, -0.25) is 14.5 Å². The SMILES string of the molecule is Cn1cc(-c2cc(F)c3cnc(C(CF)NC(=O)C4CCNCC4)cc3c2)cn1. The van der Waals surface area contributed by atoms with Gasteiger partial charge in [-0.1, -0.05) is 0 Å². The van der Waals surface area contributed by atoms with Crippen molar-refractivity contribution < 1.29 is 13.6 Å². The molecule has 29 heavy (non-hydrogen) atoms. The Kier molecular flexibility index (Phi) is 5.53. The van der Waals surface area contributed by atoms with Gasteiger partial charge in [0.2, 0.25) is 5.91 Å². The van der Waals surface area contributed by atoms with E-state index in [2.05, 4.69) is 20.7 Å². The summed E-state index contributed by atoms with van der Waals surface area (Å²) in [6.45, 7) is 0.784. The number of benzene rings is 1. The summed E-state index contributed by atoms with van der Waals surface area (Å²) in [5.41, 5.74) is 1.84. The minimum Gasteiger partial charge on any atom is -0.345 e. The summed E-state index contributed by atoms with van der Waals surface area (Å²) in [4.78, 5) is 16.7. The van der Waals surface area contributed by atoms with E-state index in [9.17, 15) is 13.6 Å². The van der Waals surface area contributed by atoms with E-state index in [1.54, 1.807) is 30.2 Å². The van der Waals surface area contributed by atoms with Crippen molar-refractivity contribution in [3.05, 3.63) is 48.3 Å². The van der Waals surface area contributed by atoms with Crippen LogP contribution in [0.1, 0.15) is 24.6 Å². The number of nitrogens with one attached hydrogen (secondary N) is 2. The number of aryl methyl sites for hydroxylation is 1. The van der Waals surface area contributed by atoms with Crippen LogP contribution in [-0.4, -0.2) is 40.4 Å². The molecule has 1 unspecified atom stereocenters. The number of carbonyl (C=O) groups is 1. The van der Waals surface area contributed by atoms with E-state index in [1.807, 2.05) is 6.07 Å². The number of rotatable bonds is 5. The van der Waals surface area contributed by atoms with E-state index in [4.69, 9.17) is 0 Å². The lowest BCUT2D eigenvalue weighted by molar-refractivity contribution is -0.126. The van der Waals surface area contributed by atoms with Crippen molar-refractivity contribution in [2.75, 3.05) is 19.8 Å². The largest absolute Gasteiger partial charge is 0.345 e. The van der Waals surface area contributed by atoms with E-state index in [1.165, 1.54) is 12.3 Å². The van der Waals surface area contributed by atoms with Gasteiger partial charge >= 0.3 is 0 Å². The Hall–Kier alpha value is -2.87. The number of hydrogen-bond donors (Lipinski definition) is 2. The summed E-state index contributed by atoms with van der Waals surface area (Å²) >= 11 is 0. The van der Waals surface area contributed by atoms with Gasteiger partial charge in [0, 0.05) is 36.3 Å². The van der Waals surface area contributed by atoms with Gasteiger partial charge in [-0.05, 0) is 55.1 Å². The molecule has 1 aliphatic rings. The monoisotopic (exact) mass is 399 g/mol. The maximum Gasteiger partial charge on any atom is 0.223 e. The predicted molar refractivity (Wildman–Crippen MR) is 106 cm³/mol. The number of carbonyl (C=O) groups excluding carboxylic acids is 1. The maximum atomic E-state index is 14.6. The first kappa shape index (κ1) is 19.4. The van der Waals surface area contributed by atoms with Crippen LogP contribution in [0.2, 0.25) is 0 Å². The van der Waals surface area contributed by atoms with Crippen molar-refractivity contribution in [1.82, 2.24) is 25.4 Å². The zero-order valence-electron chi connectivity index (χ0n) is 16.2. The van der Waals surface area contributed by atoms with Crippen LogP contribution >= 0.6 is 0 Å². The van der Waals surface area contributed by atoms with Crippen molar-refractivity contribution in [3.8, 4) is 11.1 Å². The molecule has 1 aromatic carbocycles. The van der Waals surface area contributed by atoms with Gasteiger partial charge in [0.1, 0.15) is 12.5 Å². The van der Waals surface area contributed by atoms with Crippen LogP contribution in [-0.2, 0) is 11.8 Å². The lowest BCUT2D eigenvalue weighted by Crippen LogP contribution is -2.40. The lowest BCUT2D eigenvalue weighted by atomic mass is 9.96. The van der Waals surface area contributed by atoms with Crippen LogP contribution in [0.15, 0.2) is 36.8 Å². The third-order valence-electron chi connectivity index (χ3n) is 5.38. The first-order chi connectivity index (χ1) is 14.0. The molecular weight excluding hydrogens is 376 g/mol. The van der Waals surface area contributed by atoms with Crippen LogP contribution < -0.4 is 10.6 Å². The van der Waals surface area contributed by atoms with Gasteiger partial charge in [0.15, 0.2) is 0 Å². The van der Waals surface area contributed by atoms with Crippen molar-refractivity contribution in [2.45, 2.75) is 18.9 Å². The molecule has 1 aliphatic heterocycles. The Morgan fingerprint density at radius 3 is 2.76 bits per heavy atom. The standard InChI is InChI=1S/C21H23F2N5O/c1-28-12-16(10-26-28)14-6-15-8-19(25-11-17(15)18(23)7-14)20(9-22)27-21(29)13-2-4-24-5-3-13/h6-8,10-13,20,24H,2-5,9H2,1H3,(H,27,29). The maximum absolute atomic E-state index is 14.6. The van der Waals surface area contributed by atoms with Crippen LogP contribution in [0.5, 0.6) is 0 Å². The van der Waals surface area contributed by atoms with Gasteiger partial charge in [-0.15, -0.1) is 0 Å². The van der Waals surface area contributed by atoms with Gasteiger partial charge in [-0.25, -0.2) is 8.78 Å². The number of hydrogen-bond acceptors (Lipinski definition) is 4. The minimum absolute atomic E-state index is 0.125. The molecular formula is C21H23F2N5O. The highest BCUT2D eigenvalue weighted by Crippen LogP contribution is 2.28. The normalized spacial score (nSPS) is 16.1. The number of nitrogens with zero attached hydrogens (tertiary/aromatic N) is 3. The molecule has 3 aromatic rings. The number of amides is 1. The summed E-state index contributed by atoms with van der Waals surface area (Å²) in [6.07, 6.45) is 6.32. The highest BCUT2D eigenvalue weighted by Gasteiger charge is 2.24. The van der Waals surface area contributed by atoms with Gasteiger partial charge in [0.25, 0.3) is 0 Å². The van der Waals surface area contributed by atoms with Gasteiger partial charge in [0.05, 0.1) is 17.9 Å². The third-order valence-corrected chi connectivity index (χ3v) is 5.38. The Morgan fingerprint density at radius 2 is 2.07 bits per heavy atom. The van der Waals surface area contributed by atoms with E-state index in [0.29, 0.717) is 22.0 Å². The molecule has 0 spiro atoms. The molecule has 4 rings (SSSR count). The van der Waals surface area contributed by atoms with E-state index < -0.39 is 18.5 Å². The Balaban J connectivity index is 1.63. The molecule has 2 N–H and O–H groups in total. The van der Waals surface area contributed by atoms with Crippen LogP contribution in [0.3, 0.4) is 0 Å². The first-order valence-electron chi connectivity index (χ1n) is 9.70. The average molecular weight is 399 g/mol. The fourth-order valence-corrected chi connectivity index (χ4v) is 3.72. The van der Waals surface area contributed by atoms with Crippen molar-refractivity contribution in [1.29, 1.82) is 0 Å². The van der Waals surface area contributed by atoms with Crippen LogP contribution in [0.25, 0.3) is 21.9 Å². The summed E-state index contributed by atoms with van der Waals surface area (Å²) in [5.74, 6) is -0.692. The molecule has 1 amide bonds. The topological polar surface area (TPSA) is 71.8 Å². The van der Waals surface area contributed by atoms with Gasteiger partial charge in [-0.2, -0.15) is 5.10 Å². The van der Waals surface area contributed by atoms with Crippen molar-refractivity contribution in [3.63, 3.8) is 0 Å². The molecule has 0 aliphatic carbocycles. The molecule has 1 saturated heterocycles. The zero-order valence-corrected chi connectivity index (χ0v) is 16.2. The molecule has 1 atom stereocenters. The number of piperidine rings is 1. The zero-order chi connectivity index (χ0) is 20.4. The predicted octanol–water partition coefficient (Wildman–Crippen LogP) is 2.90. The number of alkyl halides is 1. The molecule has 8 heteroatoms. The molecule has 0 bridgehead atoms. The summed E-state index contributed by atoms with van der Waals surface area (Å²) < 4.78 is 30.0. The number of fused-ring (bicyclic) bond motifs is 1. The second kappa shape index (κ2) is 8.24. The Morgan fingerprint density at radius 1 is 1.28 bits per heavy atom. The fraction of sp³-hybridized carbons (Fsp3) is 0.381. The van der Waals surface area contributed by atoms with Crippen LogP contribution in [0.4, 0.5) is 8.78 Å². The number of pyridine rings is 1. The molecule has 0 saturated carbocycles. The quantitative estimate of drug-likeness (QED) is 0.692. The molecule has 1 fully saturated rings. The molecule has 0 radical (unpaired) electrons. The smallest absolute Gasteiger partial charge is 0.223 e. The molecule has 6 nitrogen and oxygen atoms in total. The van der Waals surface area contributed by atoms with Crippen molar-refractivity contribution >= 4 is 16.7 Å². The third kappa shape index (κ3) is 4.12. The molecule has 152 valence electrons. The first-order valence-corrected chi connectivity index (χ1v) is 9.70. The summed E-state index contributed by atoms with van der Waals surface area (Å²) in [7, 11) is 1.79. The average Bonchev–Trinajstić information content (AvgIpc) is 3.18. The van der Waals surface area contributed by atoms with E-state index >= 15 is 0 Å². The van der Waals surface area contributed by atoms with Crippen LogP contribution in [0, 0.1) is 11.7 Å². The number of halogens is 2. The van der Waals surface area contributed by atoms with E-state index in [-0.39, 0.29) is 11.8 Å². The highest BCUT2D eigenvalue weighted by molar-refractivity contribution is 5.87. The minimum atomic E-state index is -0.855. The van der Waals surface area contributed by atoms with Crippen molar-refractivity contribution in [2.24, 2.45) is 13.0 Å². The summed E-state index contributed by atoms with van der Waals surface area (Å²) in [6, 6.07) is 4.05. The summed E-state index contributed by atoms with van der Waals surface area (Å²) in [5, 5.41) is 11.0. The Bertz CT molecular complexity index is 1030. The second-order valence-electron chi connectivity index (χ2n) is 7.43. The number of aromatic nitrogens is 3. The van der Waals surface area contributed by atoms with Gasteiger partial charge < -0.3 is 10.6 Å². The molecule has 2 aromatic heterocycles. The molecule has 3 heterocycles. The lowest BCUT2D eigenvalue weighted by Gasteiger charge is -2.24.